The first kappa shape index (κ1) is 13.6. The minimum Gasteiger partial charge on any atom is -0.325 e. The van der Waals surface area contributed by atoms with Gasteiger partial charge in [0.05, 0.1) is 6.42 Å². The summed E-state index contributed by atoms with van der Waals surface area (Å²) in [4.78, 5) is 11.4. The van der Waals surface area contributed by atoms with Gasteiger partial charge in [0.25, 0.3) is 0 Å². The fourth-order valence-corrected chi connectivity index (χ4v) is 2.92. The number of rotatable bonds is 4. The molecule has 2 unspecified atom stereocenters. The molecule has 0 radical (unpaired) electrons. The quantitative estimate of drug-likeness (QED) is 0.895. The number of nitrogens with two attached hydrogens (primary N) is 1. The van der Waals surface area contributed by atoms with Gasteiger partial charge in [-0.25, -0.2) is 0 Å². The van der Waals surface area contributed by atoms with Crippen molar-refractivity contribution in [1.82, 2.24) is 0 Å². The first-order valence-corrected chi connectivity index (χ1v) is 7.18. The second kappa shape index (κ2) is 5.41. The lowest BCUT2D eigenvalue weighted by Crippen LogP contribution is -2.14. The third kappa shape index (κ3) is 2.75. The number of fused-ring (bicyclic) bond motifs is 1. The Hall–Kier alpha value is -0.870. The maximum atomic E-state index is 11.4. The van der Waals surface area contributed by atoms with Crippen molar-refractivity contribution in [2.75, 3.05) is 5.32 Å². The fraction of sp³-hybridized carbons (Fsp3) is 0.500. The van der Waals surface area contributed by atoms with E-state index >= 15 is 0 Å². The van der Waals surface area contributed by atoms with Gasteiger partial charge in [-0.15, -0.1) is 0 Å². The summed E-state index contributed by atoms with van der Waals surface area (Å²) in [5, 5.41) is 2.85. The van der Waals surface area contributed by atoms with Crippen molar-refractivity contribution in [2.45, 2.75) is 39.2 Å². The summed E-state index contributed by atoms with van der Waals surface area (Å²) in [5.41, 5.74) is 9.33. The van der Waals surface area contributed by atoms with Gasteiger partial charge in [-0.1, -0.05) is 42.3 Å². The van der Waals surface area contributed by atoms with Gasteiger partial charge >= 0.3 is 0 Å². The highest BCUT2D eigenvalue weighted by Gasteiger charge is 2.21. The van der Waals surface area contributed by atoms with Crippen LogP contribution in [0.5, 0.6) is 0 Å². The Morgan fingerprint density at radius 1 is 1.50 bits per heavy atom. The van der Waals surface area contributed by atoms with Crippen LogP contribution in [0.2, 0.25) is 0 Å². The summed E-state index contributed by atoms with van der Waals surface area (Å²) in [6, 6.07) is 4.05. The highest BCUT2D eigenvalue weighted by Crippen LogP contribution is 2.34. The Morgan fingerprint density at radius 3 is 2.89 bits per heavy atom. The molecular weight excluding hydrogens is 292 g/mol. The van der Waals surface area contributed by atoms with E-state index in [1.54, 1.807) is 0 Å². The number of hydrogen-bond donors (Lipinski definition) is 2. The summed E-state index contributed by atoms with van der Waals surface area (Å²) in [5.74, 6) is 0.671. The molecule has 3 nitrogen and oxygen atoms in total. The van der Waals surface area contributed by atoms with Crippen molar-refractivity contribution in [2.24, 2.45) is 11.7 Å². The summed E-state index contributed by atoms with van der Waals surface area (Å²) >= 11 is 3.55. The Morgan fingerprint density at radius 2 is 2.22 bits per heavy atom. The molecule has 2 atom stereocenters. The van der Waals surface area contributed by atoms with Gasteiger partial charge in [-0.3, -0.25) is 4.79 Å². The number of benzene rings is 1. The molecule has 1 heterocycles. The van der Waals surface area contributed by atoms with Crippen LogP contribution in [0.1, 0.15) is 43.9 Å². The SMILES string of the molecule is CCC(C)CC(N)c1cc2c(cc1Br)NC(=O)C2. The van der Waals surface area contributed by atoms with E-state index in [4.69, 9.17) is 5.73 Å². The van der Waals surface area contributed by atoms with E-state index in [9.17, 15) is 4.79 Å². The number of carbonyl (C=O) groups excluding carboxylic acids is 1. The maximum Gasteiger partial charge on any atom is 0.228 e. The number of amides is 1. The zero-order valence-corrected chi connectivity index (χ0v) is 12.4. The van der Waals surface area contributed by atoms with Gasteiger partial charge in [-0.2, -0.15) is 0 Å². The van der Waals surface area contributed by atoms with E-state index in [0.29, 0.717) is 12.3 Å². The predicted molar refractivity (Wildman–Crippen MR) is 77.5 cm³/mol. The van der Waals surface area contributed by atoms with Crippen LogP contribution in [-0.2, 0) is 11.2 Å². The molecule has 0 aromatic heterocycles. The number of anilines is 1. The highest BCUT2D eigenvalue weighted by atomic mass is 79.9. The second-order valence-corrected chi connectivity index (χ2v) is 5.97. The van der Waals surface area contributed by atoms with Crippen LogP contribution >= 0.6 is 15.9 Å². The maximum absolute atomic E-state index is 11.4. The highest BCUT2D eigenvalue weighted by molar-refractivity contribution is 9.10. The molecule has 1 aliphatic rings. The van der Waals surface area contributed by atoms with E-state index in [-0.39, 0.29) is 11.9 Å². The smallest absolute Gasteiger partial charge is 0.228 e. The van der Waals surface area contributed by atoms with Crippen molar-refractivity contribution in [3.8, 4) is 0 Å². The van der Waals surface area contributed by atoms with Gasteiger partial charge in [0.1, 0.15) is 0 Å². The van der Waals surface area contributed by atoms with Crippen LogP contribution in [0.3, 0.4) is 0 Å². The Labute approximate surface area is 116 Å². The van der Waals surface area contributed by atoms with Crippen molar-refractivity contribution in [1.29, 1.82) is 0 Å². The Balaban J connectivity index is 2.24. The minimum atomic E-state index is 0.0235. The van der Waals surface area contributed by atoms with Crippen molar-refractivity contribution < 1.29 is 4.79 Å². The molecule has 2 rings (SSSR count). The average Bonchev–Trinajstić information content (AvgIpc) is 2.66. The molecule has 1 aromatic carbocycles. The largest absolute Gasteiger partial charge is 0.325 e. The number of nitrogens with one attached hydrogen (secondary N) is 1. The topological polar surface area (TPSA) is 55.1 Å². The van der Waals surface area contributed by atoms with E-state index in [0.717, 1.165) is 34.1 Å². The van der Waals surface area contributed by atoms with E-state index in [1.165, 1.54) is 0 Å². The van der Waals surface area contributed by atoms with Gasteiger partial charge in [0.2, 0.25) is 5.91 Å². The zero-order chi connectivity index (χ0) is 13.3. The molecule has 1 aliphatic heterocycles. The molecule has 0 saturated carbocycles. The van der Waals surface area contributed by atoms with E-state index in [1.807, 2.05) is 6.07 Å². The molecule has 0 spiro atoms. The van der Waals surface area contributed by atoms with Crippen LogP contribution in [0, 0.1) is 5.92 Å². The van der Waals surface area contributed by atoms with Gasteiger partial charge in [-0.05, 0) is 29.5 Å². The van der Waals surface area contributed by atoms with Crippen molar-refractivity contribution in [3.63, 3.8) is 0 Å². The van der Waals surface area contributed by atoms with Crippen LogP contribution in [-0.4, -0.2) is 5.91 Å². The monoisotopic (exact) mass is 310 g/mol. The molecule has 98 valence electrons. The van der Waals surface area contributed by atoms with Gasteiger partial charge in [0, 0.05) is 16.2 Å². The third-order valence-corrected chi connectivity index (χ3v) is 4.29. The first-order valence-electron chi connectivity index (χ1n) is 6.39. The summed E-state index contributed by atoms with van der Waals surface area (Å²) in [6.07, 6.45) is 2.57. The Bertz CT molecular complexity index is 473. The number of carbonyl (C=O) groups is 1. The van der Waals surface area contributed by atoms with Gasteiger partial charge < -0.3 is 11.1 Å². The average molecular weight is 311 g/mol. The number of hydrogen-bond acceptors (Lipinski definition) is 2. The van der Waals surface area contributed by atoms with Crippen LogP contribution in [0.25, 0.3) is 0 Å². The van der Waals surface area contributed by atoms with E-state index in [2.05, 4.69) is 41.2 Å². The molecule has 1 aromatic rings. The third-order valence-electron chi connectivity index (χ3n) is 3.60. The molecule has 4 heteroatoms. The van der Waals surface area contributed by atoms with Crippen LogP contribution in [0.15, 0.2) is 16.6 Å². The molecule has 18 heavy (non-hydrogen) atoms. The minimum absolute atomic E-state index is 0.0235. The predicted octanol–water partition coefficient (Wildman–Crippen LogP) is 3.38. The normalized spacial score (nSPS) is 17.2. The first-order chi connectivity index (χ1) is 8.51. The molecule has 1 amide bonds. The lowest BCUT2D eigenvalue weighted by molar-refractivity contribution is -0.115. The van der Waals surface area contributed by atoms with Crippen LogP contribution < -0.4 is 11.1 Å². The lowest BCUT2D eigenvalue weighted by Gasteiger charge is -2.18. The molecule has 0 fully saturated rings. The van der Waals surface area contributed by atoms with Crippen molar-refractivity contribution in [3.05, 3.63) is 27.7 Å². The van der Waals surface area contributed by atoms with Gasteiger partial charge in [0.15, 0.2) is 0 Å². The zero-order valence-electron chi connectivity index (χ0n) is 10.8. The summed E-state index contributed by atoms with van der Waals surface area (Å²) in [7, 11) is 0. The van der Waals surface area contributed by atoms with Crippen molar-refractivity contribution >= 4 is 27.5 Å². The van der Waals surface area contributed by atoms with E-state index < -0.39 is 0 Å². The Kier molecular flexibility index (Phi) is 4.07. The molecule has 0 aliphatic carbocycles. The molecule has 3 N–H and O–H groups in total. The molecule has 0 bridgehead atoms. The number of halogens is 1. The second-order valence-electron chi connectivity index (χ2n) is 5.11. The lowest BCUT2D eigenvalue weighted by atomic mass is 9.93. The molecular formula is C14H19BrN2O. The standard InChI is InChI=1S/C14H19BrN2O/c1-3-8(2)4-12(16)10-5-9-6-14(18)17-13(9)7-11(10)15/h5,7-8,12H,3-4,6,16H2,1-2H3,(H,17,18). The fourth-order valence-electron chi connectivity index (χ4n) is 2.28. The summed E-state index contributed by atoms with van der Waals surface area (Å²) < 4.78 is 0.985. The molecule has 0 saturated heterocycles. The van der Waals surface area contributed by atoms with Crippen LogP contribution in [0.4, 0.5) is 5.69 Å². The summed E-state index contributed by atoms with van der Waals surface area (Å²) in [6.45, 7) is 4.39.